The zero-order valence-corrected chi connectivity index (χ0v) is 16.3. The first kappa shape index (κ1) is 22.0. The largest absolute Gasteiger partial charge is 0.481 e. The molecule has 0 atom stereocenters. The van der Waals surface area contributed by atoms with Crippen molar-refractivity contribution < 1.29 is 32.6 Å². The molecule has 0 aliphatic rings. The highest BCUT2D eigenvalue weighted by Gasteiger charge is 2.41. The van der Waals surface area contributed by atoms with Crippen molar-refractivity contribution in [1.82, 2.24) is 24.8 Å². The molecule has 3 aromatic rings. The van der Waals surface area contributed by atoms with Gasteiger partial charge in [-0.1, -0.05) is 17.3 Å². The van der Waals surface area contributed by atoms with Crippen LogP contribution in [0.2, 0.25) is 0 Å². The molecule has 0 aliphatic carbocycles. The number of aliphatic carboxylic acids is 1. The minimum atomic E-state index is -4.82. The number of carbonyl (C=O) groups is 2. The van der Waals surface area contributed by atoms with E-state index < -0.39 is 29.4 Å². The fourth-order valence-electron chi connectivity index (χ4n) is 2.88. The standard InChI is InChI=1S/C19H18F3N5O4/c1-2-31-18(30)14-10-23-27(17(14)19(20,21)22)13-7-5-12(6-8-13)15-11-26(25-24-15)9-3-4-16(28)29/h5-8,10-11H,2-4,9H2,1H3,(H,28,29). The third-order valence-corrected chi connectivity index (χ3v) is 4.26. The first-order valence-corrected chi connectivity index (χ1v) is 9.25. The van der Waals surface area contributed by atoms with Crippen molar-refractivity contribution in [2.75, 3.05) is 6.61 Å². The summed E-state index contributed by atoms with van der Waals surface area (Å²) in [4.78, 5) is 22.5. The lowest BCUT2D eigenvalue weighted by Gasteiger charge is -2.12. The van der Waals surface area contributed by atoms with Gasteiger partial charge in [0, 0.05) is 18.5 Å². The summed E-state index contributed by atoms with van der Waals surface area (Å²) < 4.78 is 47.6. The molecule has 0 spiro atoms. The number of carboxylic acids is 1. The molecular formula is C19H18F3N5O4. The van der Waals surface area contributed by atoms with E-state index in [4.69, 9.17) is 9.84 Å². The fourth-order valence-corrected chi connectivity index (χ4v) is 2.88. The fraction of sp³-hybridized carbons (Fsp3) is 0.316. The van der Waals surface area contributed by atoms with E-state index in [1.165, 1.54) is 23.7 Å². The molecule has 12 heteroatoms. The zero-order chi connectivity index (χ0) is 22.6. The zero-order valence-electron chi connectivity index (χ0n) is 16.3. The number of esters is 1. The van der Waals surface area contributed by atoms with Gasteiger partial charge in [0.1, 0.15) is 11.3 Å². The van der Waals surface area contributed by atoms with Crippen LogP contribution in [0.1, 0.15) is 35.8 Å². The average Bonchev–Trinajstić information content (AvgIpc) is 3.35. The second-order valence-electron chi connectivity index (χ2n) is 6.45. The number of halogens is 3. The molecule has 1 aromatic carbocycles. The SMILES string of the molecule is CCOC(=O)c1cnn(-c2ccc(-c3cn(CCCC(=O)O)nn3)cc2)c1C(F)(F)F. The van der Waals surface area contributed by atoms with Gasteiger partial charge in [-0.3, -0.25) is 9.48 Å². The van der Waals surface area contributed by atoms with Crippen LogP contribution in [0.25, 0.3) is 16.9 Å². The smallest absolute Gasteiger partial charge is 0.434 e. The summed E-state index contributed by atoms with van der Waals surface area (Å²) in [5.74, 6) is -2.00. The number of aryl methyl sites for hydroxylation is 1. The van der Waals surface area contributed by atoms with Gasteiger partial charge in [0.15, 0.2) is 5.69 Å². The molecule has 2 aromatic heterocycles. The third-order valence-electron chi connectivity index (χ3n) is 4.26. The van der Waals surface area contributed by atoms with E-state index in [0.717, 1.165) is 6.20 Å². The molecule has 0 saturated carbocycles. The number of alkyl halides is 3. The molecule has 0 amide bonds. The number of hydrogen-bond donors (Lipinski definition) is 1. The Balaban J connectivity index is 1.84. The van der Waals surface area contributed by atoms with Gasteiger partial charge in [0.25, 0.3) is 0 Å². The van der Waals surface area contributed by atoms with Gasteiger partial charge in [-0.2, -0.15) is 18.3 Å². The maximum Gasteiger partial charge on any atom is 0.434 e. The van der Waals surface area contributed by atoms with Crippen molar-refractivity contribution in [2.45, 2.75) is 32.5 Å². The Bertz CT molecular complexity index is 1070. The molecule has 31 heavy (non-hydrogen) atoms. The van der Waals surface area contributed by atoms with Gasteiger partial charge in [-0.15, -0.1) is 5.10 Å². The van der Waals surface area contributed by atoms with Crippen LogP contribution in [-0.2, 0) is 22.3 Å². The lowest BCUT2D eigenvalue weighted by atomic mass is 10.1. The van der Waals surface area contributed by atoms with E-state index in [0.29, 0.717) is 28.9 Å². The number of nitrogens with zero attached hydrogens (tertiary/aromatic N) is 5. The Morgan fingerprint density at radius 1 is 1.19 bits per heavy atom. The Kier molecular flexibility index (Phi) is 6.37. The third kappa shape index (κ3) is 5.08. The van der Waals surface area contributed by atoms with Crippen LogP contribution in [0.4, 0.5) is 13.2 Å². The molecule has 0 fully saturated rings. The summed E-state index contributed by atoms with van der Waals surface area (Å²) >= 11 is 0. The molecule has 0 unspecified atom stereocenters. The number of aromatic nitrogens is 5. The van der Waals surface area contributed by atoms with Crippen molar-refractivity contribution in [1.29, 1.82) is 0 Å². The maximum atomic E-state index is 13.6. The predicted octanol–water partition coefficient (Wildman–Crippen LogP) is 3.19. The molecule has 9 nitrogen and oxygen atoms in total. The summed E-state index contributed by atoms with van der Waals surface area (Å²) in [7, 11) is 0. The lowest BCUT2D eigenvalue weighted by molar-refractivity contribution is -0.143. The normalized spacial score (nSPS) is 11.5. The van der Waals surface area contributed by atoms with Crippen LogP contribution in [-0.4, -0.2) is 48.4 Å². The van der Waals surface area contributed by atoms with Crippen molar-refractivity contribution in [3.05, 3.63) is 47.9 Å². The lowest BCUT2D eigenvalue weighted by Crippen LogP contribution is -2.18. The minimum Gasteiger partial charge on any atom is -0.481 e. The van der Waals surface area contributed by atoms with Gasteiger partial charge < -0.3 is 9.84 Å². The highest BCUT2D eigenvalue weighted by molar-refractivity contribution is 5.90. The van der Waals surface area contributed by atoms with Gasteiger partial charge in [-0.05, 0) is 25.5 Å². The highest BCUT2D eigenvalue weighted by Crippen LogP contribution is 2.34. The van der Waals surface area contributed by atoms with Gasteiger partial charge in [0.2, 0.25) is 0 Å². The van der Waals surface area contributed by atoms with Crippen molar-refractivity contribution >= 4 is 11.9 Å². The average molecular weight is 437 g/mol. The Hall–Kier alpha value is -3.70. The van der Waals surface area contributed by atoms with E-state index >= 15 is 0 Å². The second kappa shape index (κ2) is 8.98. The van der Waals surface area contributed by atoms with E-state index in [9.17, 15) is 22.8 Å². The van der Waals surface area contributed by atoms with Crippen LogP contribution >= 0.6 is 0 Å². The molecular weight excluding hydrogens is 419 g/mol. The van der Waals surface area contributed by atoms with Crippen molar-refractivity contribution in [3.63, 3.8) is 0 Å². The number of hydrogen-bond acceptors (Lipinski definition) is 6. The molecule has 3 rings (SSSR count). The summed E-state index contributed by atoms with van der Waals surface area (Å²) in [5, 5.41) is 20.3. The highest BCUT2D eigenvalue weighted by atomic mass is 19.4. The van der Waals surface area contributed by atoms with E-state index in [-0.39, 0.29) is 18.7 Å². The first-order valence-electron chi connectivity index (χ1n) is 9.25. The summed E-state index contributed by atoms with van der Waals surface area (Å²) in [6, 6.07) is 5.92. The molecule has 164 valence electrons. The Morgan fingerprint density at radius 2 is 1.90 bits per heavy atom. The van der Waals surface area contributed by atoms with Crippen LogP contribution in [0.5, 0.6) is 0 Å². The second-order valence-corrected chi connectivity index (χ2v) is 6.45. The molecule has 0 bridgehead atoms. The van der Waals surface area contributed by atoms with Crippen molar-refractivity contribution in [2.24, 2.45) is 0 Å². The maximum absolute atomic E-state index is 13.6. The van der Waals surface area contributed by atoms with Crippen molar-refractivity contribution in [3.8, 4) is 16.9 Å². The molecule has 0 radical (unpaired) electrons. The summed E-state index contributed by atoms with van der Waals surface area (Å²) in [6.45, 7) is 1.81. The predicted molar refractivity (Wildman–Crippen MR) is 100 cm³/mol. The monoisotopic (exact) mass is 437 g/mol. The van der Waals surface area contributed by atoms with Gasteiger partial charge in [-0.25, -0.2) is 9.48 Å². The summed E-state index contributed by atoms with van der Waals surface area (Å²) in [5.41, 5.74) is -0.712. The van der Waals surface area contributed by atoms with Crippen LogP contribution in [0, 0.1) is 0 Å². The minimum absolute atomic E-state index is 0.00306. The number of rotatable bonds is 8. The van der Waals surface area contributed by atoms with E-state index in [2.05, 4.69) is 15.4 Å². The quantitative estimate of drug-likeness (QED) is 0.539. The number of ether oxygens (including phenoxy) is 1. The van der Waals surface area contributed by atoms with Gasteiger partial charge >= 0.3 is 18.1 Å². The van der Waals surface area contributed by atoms with E-state index in [1.807, 2.05) is 0 Å². The number of carbonyl (C=O) groups excluding carboxylic acids is 1. The van der Waals surface area contributed by atoms with E-state index in [1.54, 1.807) is 18.3 Å². The molecule has 0 saturated heterocycles. The van der Waals surface area contributed by atoms with Gasteiger partial charge in [0.05, 0.1) is 24.7 Å². The Morgan fingerprint density at radius 3 is 2.52 bits per heavy atom. The van der Waals surface area contributed by atoms with Crippen LogP contribution in [0.3, 0.4) is 0 Å². The first-order chi connectivity index (χ1) is 14.7. The Labute approximate surface area is 174 Å². The molecule has 2 heterocycles. The summed E-state index contributed by atoms with van der Waals surface area (Å²) in [6.07, 6.45) is -1.99. The van der Waals surface area contributed by atoms with Crippen LogP contribution in [0.15, 0.2) is 36.7 Å². The topological polar surface area (TPSA) is 112 Å². The van der Waals surface area contributed by atoms with Crippen LogP contribution < -0.4 is 0 Å². The molecule has 0 aliphatic heterocycles. The number of benzene rings is 1. The number of carboxylic acid groups (broad SMARTS) is 1. The molecule has 1 N–H and O–H groups in total.